The van der Waals surface area contributed by atoms with Crippen molar-refractivity contribution in [2.75, 3.05) is 5.32 Å². The molecule has 3 heterocycles. The fraction of sp³-hybridized carbons (Fsp3) is 0.0714. The van der Waals surface area contributed by atoms with Crippen molar-refractivity contribution in [3.05, 3.63) is 47.3 Å². The van der Waals surface area contributed by atoms with E-state index in [9.17, 15) is 9.90 Å². The van der Waals surface area contributed by atoms with Gasteiger partial charge in [-0.05, 0) is 31.2 Å². The number of carbonyl (C=O) groups is 1. The summed E-state index contributed by atoms with van der Waals surface area (Å²) in [7, 11) is 0. The number of thiazole rings is 1. The van der Waals surface area contributed by atoms with Crippen LogP contribution in [0.5, 0.6) is 5.75 Å². The van der Waals surface area contributed by atoms with E-state index in [-0.39, 0.29) is 17.3 Å². The third kappa shape index (κ3) is 2.63. The molecule has 0 saturated carbocycles. The highest BCUT2D eigenvalue weighted by atomic mass is 32.1. The Morgan fingerprint density at radius 3 is 2.95 bits per heavy atom. The molecule has 0 aliphatic carbocycles. The molecule has 0 saturated heterocycles. The Hall–Kier alpha value is -2.67. The summed E-state index contributed by atoms with van der Waals surface area (Å²) in [5.74, 6) is 0.206. The minimum atomic E-state index is -0.421. The average Bonchev–Trinajstić information content (AvgIpc) is 3.10. The number of aromatic nitrogens is 2. The van der Waals surface area contributed by atoms with E-state index in [0.717, 1.165) is 4.88 Å². The molecule has 6 nitrogen and oxygen atoms in total. The van der Waals surface area contributed by atoms with Gasteiger partial charge in [-0.3, -0.25) is 4.79 Å². The van der Waals surface area contributed by atoms with Gasteiger partial charge in [-0.1, -0.05) is 0 Å². The van der Waals surface area contributed by atoms with Gasteiger partial charge in [0.2, 0.25) is 0 Å². The lowest BCUT2D eigenvalue weighted by Crippen LogP contribution is -2.14. The van der Waals surface area contributed by atoms with E-state index in [4.69, 9.17) is 4.42 Å². The van der Waals surface area contributed by atoms with Crippen molar-refractivity contribution >= 4 is 23.1 Å². The molecule has 3 rings (SSSR count). The summed E-state index contributed by atoms with van der Waals surface area (Å²) in [6, 6.07) is 6.57. The molecule has 106 valence electrons. The number of furan rings is 1. The molecule has 2 N–H and O–H groups in total. The number of pyridine rings is 1. The highest BCUT2D eigenvalue weighted by Crippen LogP contribution is 2.28. The van der Waals surface area contributed by atoms with Crippen molar-refractivity contribution in [2.45, 2.75) is 6.92 Å². The Labute approximate surface area is 124 Å². The van der Waals surface area contributed by atoms with Gasteiger partial charge in [0.25, 0.3) is 5.91 Å². The first kappa shape index (κ1) is 13.3. The minimum Gasteiger partial charge on any atom is -0.504 e. The van der Waals surface area contributed by atoms with E-state index in [1.54, 1.807) is 31.4 Å². The maximum Gasteiger partial charge on any atom is 0.276 e. The van der Waals surface area contributed by atoms with Crippen molar-refractivity contribution in [1.29, 1.82) is 0 Å². The van der Waals surface area contributed by atoms with Gasteiger partial charge < -0.3 is 14.8 Å². The zero-order chi connectivity index (χ0) is 14.8. The van der Waals surface area contributed by atoms with Crippen LogP contribution in [0, 0.1) is 6.92 Å². The summed E-state index contributed by atoms with van der Waals surface area (Å²) in [5, 5.41) is 12.8. The first-order valence-corrected chi connectivity index (χ1v) is 6.93. The highest BCUT2D eigenvalue weighted by Gasteiger charge is 2.18. The molecule has 0 radical (unpaired) electrons. The SMILES string of the molecule is Cc1sc(-c2ccco2)nc1C(=O)Nc1ncccc1O. The number of aromatic hydroxyl groups is 1. The lowest BCUT2D eigenvalue weighted by Gasteiger charge is -2.04. The summed E-state index contributed by atoms with van der Waals surface area (Å²) in [5.41, 5.74) is 0.288. The average molecular weight is 301 g/mol. The number of carbonyl (C=O) groups excluding carboxylic acids is 1. The second-order valence-electron chi connectivity index (χ2n) is 4.23. The minimum absolute atomic E-state index is 0.0926. The maximum absolute atomic E-state index is 12.2. The molecule has 0 aliphatic heterocycles. The predicted molar refractivity (Wildman–Crippen MR) is 78.4 cm³/mol. The second kappa shape index (κ2) is 5.37. The third-order valence-electron chi connectivity index (χ3n) is 2.76. The molecule has 0 bridgehead atoms. The molecule has 0 unspecified atom stereocenters. The van der Waals surface area contributed by atoms with Crippen molar-refractivity contribution in [3.63, 3.8) is 0 Å². The van der Waals surface area contributed by atoms with E-state index in [1.165, 1.54) is 23.6 Å². The molecule has 7 heteroatoms. The first-order chi connectivity index (χ1) is 10.1. The van der Waals surface area contributed by atoms with E-state index in [0.29, 0.717) is 10.8 Å². The normalized spacial score (nSPS) is 10.5. The molecule has 21 heavy (non-hydrogen) atoms. The smallest absolute Gasteiger partial charge is 0.276 e. The molecule has 0 aromatic carbocycles. The van der Waals surface area contributed by atoms with Gasteiger partial charge in [0.15, 0.2) is 22.3 Å². The van der Waals surface area contributed by atoms with Crippen LogP contribution < -0.4 is 5.32 Å². The quantitative estimate of drug-likeness (QED) is 0.776. The molecule has 0 spiro atoms. The number of amides is 1. The van der Waals surface area contributed by atoms with Crippen LogP contribution in [0.15, 0.2) is 41.1 Å². The van der Waals surface area contributed by atoms with Crippen molar-refractivity contribution in [3.8, 4) is 16.5 Å². The summed E-state index contributed by atoms with van der Waals surface area (Å²) in [6.07, 6.45) is 3.04. The largest absolute Gasteiger partial charge is 0.504 e. The number of anilines is 1. The summed E-state index contributed by atoms with van der Waals surface area (Å²) < 4.78 is 5.27. The first-order valence-electron chi connectivity index (χ1n) is 6.12. The van der Waals surface area contributed by atoms with Crippen molar-refractivity contribution < 1.29 is 14.3 Å². The highest BCUT2D eigenvalue weighted by molar-refractivity contribution is 7.15. The number of nitrogens with one attached hydrogen (secondary N) is 1. The predicted octanol–water partition coefficient (Wildman–Crippen LogP) is 3.06. The summed E-state index contributed by atoms with van der Waals surface area (Å²) in [4.78, 5) is 21.2. The molecule has 3 aromatic heterocycles. The van der Waals surface area contributed by atoms with Crippen LogP contribution in [0.1, 0.15) is 15.4 Å². The number of hydrogen-bond donors (Lipinski definition) is 2. The molecule has 0 aliphatic rings. The number of hydrogen-bond acceptors (Lipinski definition) is 6. The third-order valence-corrected chi connectivity index (χ3v) is 3.75. The Bertz CT molecular complexity index is 781. The summed E-state index contributed by atoms with van der Waals surface area (Å²) >= 11 is 1.37. The Kier molecular flexibility index (Phi) is 3.41. The topological polar surface area (TPSA) is 88.3 Å². The number of rotatable bonds is 3. The van der Waals surface area contributed by atoms with Gasteiger partial charge in [0.1, 0.15) is 5.69 Å². The Balaban J connectivity index is 1.87. The number of nitrogens with zero attached hydrogens (tertiary/aromatic N) is 2. The molecule has 0 atom stereocenters. The molecule has 3 aromatic rings. The van der Waals surface area contributed by atoms with Gasteiger partial charge in [-0.25, -0.2) is 9.97 Å². The Morgan fingerprint density at radius 1 is 1.38 bits per heavy atom. The maximum atomic E-state index is 12.2. The van der Waals surface area contributed by atoms with Crippen LogP contribution in [0.4, 0.5) is 5.82 Å². The molecular weight excluding hydrogens is 290 g/mol. The van der Waals surface area contributed by atoms with Crippen LogP contribution in [-0.4, -0.2) is 21.0 Å². The van der Waals surface area contributed by atoms with Gasteiger partial charge in [0, 0.05) is 11.1 Å². The van der Waals surface area contributed by atoms with Gasteiger partial charge in [-0.2, -0.15) is 0 Å². The molecule has 0 fully saturated rings. The second-order valence-corrected chi connectivity index (χ2v) is 5.43. The van der Waals surface area contributed by atoms with E-state index < -0.39 is 5.91 Å². The lowest BCUT2D eigenvalue weighted by molar-refractivity contribution is 0.102. The van der Waals surface area contributed by atoms with Crippen LogP contribution in [0.2, 0.25) is 0 Å². The molecule has 1 amide bonds. The van der Waals surface area contributed by atoms with E-state index >= 15 is 0 Å². The van der Waals surface area contributed by atoms with Gasteiger partial charge in [0.05, 0.1) is 6.26 Å². The van der Waals surface area contributed by atoms with E-state index in [1.807, 2.05) is 0 Å². The van der Waals surface area contributed by atoms with Crippen LogP contribution >= 0.6 is 11.3 Å². The van der Waals surface area contributed by atoms with Crippen LogP contribution in [0.3, 0.4) is 0 Å². The summed E-state index contributed by atoms with van der Waals surface area (Å²) in [6.45, 7) is 1.80. The van der Waals surface area contributed by atoms with Crippen LogP contribution in [-0.2, 0) is 0 Å². The molecular formula is C14H11N3O3S. The standard InChI is InChI=1S/C14H11N3O3S/c1-8-11(16-14(21-8)10-5-3-7-20-10)13(19)17-12-9(18)4-2-6-15-12/h2-7,18H,1H3,(H,15,17,19). The van der Waals surface area contributed by atoms with Gasteiger partial charge in [-0.15, -0.1) is 11.3 Å². The van der Waals surface area contributed by atoms with Gasteiger partial charge >= 0.3 is 0 Å². The Morgan fingerprint density at radius 2 is 2.24 bits per heavy atom. The number of aryl methyl sites for hydroxylation is 1. The monoisotopic (exact) mass is 301 g/mol. The lowest BCUT2D eigenvalue weighted by atomic mass is 10.3. The fourth-order valence-electron chi connectivity index (χ4n) is 1.77. The van der Waals surface area contributed by atoms with Crippen molar-refractivity contribution in [1.82, 2.24) is 9.97 Å². The fourth-order valence-corrected chi connectivity index (χ4v) is 2.65. The zero-order valence-electron chi connectivity index (χ0n) is 11.0. The van der Waals surface area contributed by atoms with Crippen molar-refractivity contribution in [2.24, 2.45) is 0 Å². The van der Waals surface area contributed by atoms with Crippen LogP contribution in [0.25, 0.3) is 10.8 Å². The van der Waals surface area contributed by atoms with E-state index in [2.05, 4.69) is 15.3 Å². The zero-order valence-corrected chi connectivity index (χ0v) is 11.8.